The van der Waals surface area contributed by atoms with Gasteiger partial charge in [-0.2, -0.15) is 0 Å². The number of rotatable bonds is 2. The minimum absolute atomic E-state index is 0.299. The molecule has 1 atom stereocenters. The van der Waals surface area contributed by atoms with Gasteiger partial charge in [0.1, 0.15) is 0 Å². The van der Waals surface area contributed by atoms with Crippen molar-refractivity contribution in [3.05, 3.63) is 0 Å². The Hall–Kier alpha value is -0.0800. The van der Waals surface area contributed by atoms with Crippen LogP contribution in [-0.4, -0.2) is 46.6 Å². The van der Waals surface area contributed by atoms with Gasteiger partial charge in [-0.1, -0.05) is 13.3 Å². The zero-order valence-electron chi connectivity index (χ0n) is 12.6. The third-order valence-electron chi connectivity index (χ3n) is 4.75. The van der Waals surface area contributed by atoms with E-state index in [1.165, 1.54) is 32.5 Å². The Morgan fingerprint density at radius 3 is 2.12 bits per heavy atom. The molecule has 17 heavy (non-hydrogen) atoms. The molecule has 2 saturated heterocycles. The van der Waals surface area contributed by atoms with Crippen LogP contribution < -0.4 is 0 Å². The molecule has 2 aliphatic rings. The summed E-state index contributed by atoms with van der Waals surface area (Å²) in [7, 11) is 0. The molecule has 0 aromatic carbocycles. The van der Waals surface area contributed by atoms with Gasteiger partial charge >= 0.3 is 0 Å². The van der Waals surface area contributed by atoms with Gasteiger partial charge < -0.3 is 0 Å². The molecular weight excluding hydrogens is 208 g/mol. The smallest absolute Gasteiger partial charge is 0.0241 e. The van der Waals surface area contributed by atoms with E-state index in [0.29, 0.717) is 11.1 Å². The molecule has 100 valence electrons. The number of nitrogens with zero attached hydrogens (tertiary/aromatic N) is 2. The summed E-state index contributed by atoms with van der Waals surface area (Å²) in [5, 5.41) is 0. The highest BCUT2D eigenvalue weighted by atomic mass is 15.3. The first-order chi connectivity index (χ1) is 7.74. The predicted octanol–water partition coefficient (Wildman–Crippen LogP) is 2.98. The van der Waals surface area contributed by atoms with Crippen molar-refractivity contribution in [2.75, 3.05) is 19.6 Å². The van der Waals surface area contributed by atoms with Crippen LogP contribution in [0.2, 0.25) is 0 Å². The highest BCUT2D eigenvalue weighted by Crippen LogP contribution is 2.38. The Bertz CT molecular complexity index is 271. The van der Waals surface area contributed by atoms with Gasteiger partial charge in [0, 0.05) is 36.8 Å². The molecule has 2 fully saturated rings. The molecule has 0 saturated carbocycles. The second-order valence-electron chi connectivity index (χ2n) is 7.68. The fourth-order valence-electron chi connectivity index (χ4n) is 3.80. The zero-order chi connectivity index (χ0) is 12.8. The van der Waals surface area contributed by atoms with Crippen LogP contribution in [0.5, 0.6) is 0 Å². The molecule has 2 aliphatic heterocycles. The van der Waals surface area contributed by atoms with E-state index in [0.717, 1.165) is 12.0 Å². The zero-order valence-corrected chi connectivity index (χ0v) is 12.6. The average Bonchev–Trinajstić information content (AvgIpc) is 2.38. The third kappa shape index (κ3) is 2.53. The van der Waals surface area contributed by atoms with Crippen LogP contribution in [0.1, 0.15) is 54.4 Å². The quantitative estimate of drug-likeness (QED) is 0.730. The molecule has 2 heteroatoms. The summed E-state index contributed by atoms with van der Waals surface area (Å²) < 4.78 is 0. The van der Waals surface area contributed by atoms with Crippen molar-refractivity contribution in [3.8, 4) is 0 Å². The molecule has 0 amide bonds. The Balaban J connectivity index is 1.97. The summed E-state index contributed by atoms with van der Waals surface area (Å²) in [6.07, 6.45) is 2.69. The van der Waals surface area contributed by atoms with Gasteiger partial charge in [-0.15, -0.1) is 0 Å². The van der Waals surface area contributed by atoms with E-state index in [1.54, 1.807) is 0 Å². The van der Waals surface area contributed by atoms with Gasteiger partial charge in [-0.25, -0.2) is 0 Å². The van der Waals surface area contributed by atoms with E-state index in [2.05, 4.69) is 51.3 Å². The molecule has 2 nitrogen and oxygen atoms in total. The minimum atomic E-state index is 0.299. The maximum atomic E-state index is 2.71. The predicted molar refractivity (Wildman–Crippen MR) is 74.3 cm³/mol. The summed E-state index contributed by atoms with van der Waals surface area (Å²) in [4.78, 5) is 5.41. The maximum absolute atomic E-state index is 2.71. The van der Waals surface area contributed by atoms with Gasteiger partial charge in [0.05, 0.1) is 0 Å². The minimum Gasteiger partial charge on any atom is -0.298 e. The van der Waals surface area contributed by atoms with Crippen molar-refractivity contribution in [2.45, 2.75) is 71.5 Å². The summed E-state index contributed by atoms with van der Waals surface area (Å²) in [6, 6.07) is 0.798. The van der Waals surface area contributed by atoms with Crippen LogP contribution in [0.15, 0.2) is 0 Å². The second-order valence-corrected chi connectivity index (χ2v) is 7.68. The van der Waals surface area contributed by atoms with Crippen LogP contribution in [0.25, 0.3) is 0 Å². The van der Waals surface area contributed by atoms with E-state index in [1.807, 2.05) is 0 Å². The van der Waals surface area contributed by atoms with Gasteiger partial charge in [0.25, 0.3) is 0 Å². The largest absolute Gasteiger partial charge is 0.298 e. The van der Waals surface area contributed by atoms with Crippen molar-refractivity contribution in [2.24, 2.45) is 5.92 Å². The Morgan fingerprint density at radius 1 is 1.12 bits per heavy atom. The standard InChI is InChI=1S/C15H30N2/c1-7-12-9-16(10-12)13-8-15(5,6)17(11-13)14(2,3)4/h12-13H,7-11H2,1-6H3/t13-/m1/s1. The Labute approximate surface area is 107 Å². The van der Waals surface area contributed by atoms with Crippen molar-refractivity contribution >= 4 is 0 Å². The first-order valence-corrected chi connectivity index (χ1v) is 7.26. The number of hydrogen-bond donors (Lipinski definition) is 0. The van der Waals surface area contributed by atoms with Crippen molar-refractivity contribution < 1.29 is 0 Å². The molecule has 0 radical (unpaired) electrons. The van der Waals surface area contributed by atoms with Crippen LogP contribution >= 0.6 is 0 Å². The molecule has 0 spiro atoms. The fraction of sp³-hybridized carbons (Fsp3) is 1.00. The van der Waals surface area contributed by atoms with E-state index < -0.39 is 0 Å². The molecule has 0 aliphatic carbocycles. The molecule has 0 aromatic heterocycles. The second kappa shape index (κ2) is 4.24. The molecule has 0 unspecified atom stereocenters. The van der Waals surface area contributed by atoms with Crippen molar-refractivity contribution in [1.29, 1.82) is 0 Å². The molecule has 2 heterocycles. The van der Waals surface area contributed by atoms with Crippen molar-refractivity contribution in [1.82, 2.24) is 9.80 Å². The Morgan fingerprint density at radius 2 is 1.71 bits per heavy atom. The van der Waals surface area contributed by atoms with E-state index >= 15 is 0 Å². The highest BCUT2D eigenvalue weighted by Gasteiger charge is 2.46. The van der Waals surface area contributed by atoms with Crippen molar-refractivity contribution in [3.63, 3.8) is 0 Å². The molecule has 0 aromatic rings. The van der Waals surface area contributed by atoms with E-state index in [4.69, 9.17) is 0 Å². The summed E-state index contributed by atoms with van der Waals surface area (Å²) >= 11 is 0. The lowest BCUT2D eigenvalue weighted by molar-refractivity contribution is 0.0423. The average molecular weight is 238 g/mol. The Kier molecular flexibility index (Phi) is 3.33. The first kappa shape index (κ1) is 13.4. The van der Waals surface area contributed by atoms with Gasteiger partial charge in [0.2, 0.25) is 0 Å². The number of likely N-dealkylation sites (tertiary alicyclic amines) is 2. The summed E-state index contributed by atoms with van der Waals surface area (Å²) in [5.74, 6) is 0.974. The molecular formula is C15H30N2. The molecule has 2 rings (SSSR count). The van der Waals surface area contributed by atoms with Crippen LogP contribution in [-0.2, 0) is 0 Å². The van der Waals surface area contributed by atoms with E-state index in [-0.39, 0.29) is 0 Å². The van der Waals surface area contributed by atoms with Crippen LogP contribution in [0.4, 0.5) is 0 Å². The summed E-state index contributed by atoms with van der Waals surface area (Å²) in [6.45, 7) is 18.1. The highest BCUT2D eigenvalue weighted by molar-refractivity contribution is 5.03. The van der Waals surface area contributed by atoms with Gasteiger partial charge in [0.15, 0.2) is 0 Å². The van der Waals surface area contributed by atoms with Gasteiger partial charge in [-0.05, 0) is 47.0 Å². The SMILES string of the molecule is CCC1CN([C@H]2CN(C(C)(C)C)C(C)(C)C2)C1. The third-order valence-corrected chi connectivity index (χ3v) is 4.75. The first-order valence-electron chi connectivity index (χ1n) is 7.26. The van der Waals surface area contributed by atoms with Crippen LogP contribution in [0.3, 0.4) is 0 Å². The lowest BCUT2D eigenvalue weighted by Crippen LogP contribution is -2.53. The monoisotopic (exact) mass is 238 g/mol. The lowest BCUT2D eigenvalue weighted by Gasteiger charge is -2.43. The maximum Gasteiger partial charge on any atom is 0.0241 e. The molecule has 0 N–H and O–H groups in total. The van der Waals surface area contributed by atoms with E-state index in [9.17, 15) is 0 Å². The van der Waals surface area contributed by atoms with Crippen LogP contribution in [0, 0.1) is 5.92 Å². The fourth-order valence-corrected chi connectivity index (χ4v) is 3.80. The normalized spacial score (nSPS) is 31.8. The van der Waals surface area contributed by atoms with Gasteiger partial charge in [-0.3, -0.25) is 9.80 Å². The summed E-state index contributed by atoms with van der Waals surface area (Å²) in [5.41, 5.74) is 0.660. The number of hydrogen-bond acceptors (Lipinski definition) is 2. The molecule has 0 bridgehead atoms. The topological polar surface area (TPSA) is 6.48 Å². The lowest BCUT2D eigenvalue weighted by atomic mass is 9.92.